The maximum absolute atomic E-state index is 12.4. The van der Waals surface area contributed by atoms with Gasteiger partial charge < -0.3 is 4.74 Å². The lowest BCUT2D eigenvalue weighted by atomic mass is 10.1. The van der Waals surface area contributed by atoms with Crippen LogP contribution in [0.1, 0.15) is 21.0 Å². The Kier molecular flexibility index (Phi) is 3.73. The standard InChI is InChI=1S/C14H16N2O3S2/c1-9-5-14(10(2)20-9)21(17,18)16-12-6-11-8-19-4-3-13(11)15-7-12/h5-7,16H,3-4,8H2,1-2H3. The van der Waals surface area contributed by atoms with Crippen LogP contribution in [0.3, 0.4) is 0 Å². The van der Waals surface area contributed by atoms with E-state index in [-0.39, 0.29) is 0 Å². The summed E-state index contributed by atoms with van der Waals surface area (Å²) >= 11 is 1.47. The lowest BCUT2D eigenvalue weighted by Crippen LogP contribution is -2.16. The van der Waals surface area contributed by atoms with Crippen molar-refractivity contribution >= 4 is 27.0 Å². The Morgan fingerprint density at radius 3 is 2.86 bits per heavy atom. The summed E-state index contributed by atoms with van der Waals surface area (Å²) < 4.78 is 32.9. The number of pyridine rings is 1. The van der Waals surface area contributed by atoms with Gasteiger partial charge in [-0.1, -0.05) is 0 Å². The molecular formula is C14H16N2O3S2. The Morgan fingerprint density at radius 1 is 1.33 bits per heavy atom. The predicted octanol–water partition coefficient (Wildman–Crippen LogP) is 2.63. The molecule has 0 radical (unpaired) electrons. The van der Waals surface area contributed by atoms with E-state index in [1.807, 2.05) is 13.8 Å². The highest BCUT2D eigenvalue weighted by molar-refractivity contribution is 7.93. The summed E-state index contributed by atoms with van der Waals surface area (Å²) in [7, 11) is -3.57. The van der Waals surface area contributed by atoms with Gasteiger partial charge in [-0.3, -0.25) is 9.71 Å². The van der Waals surface area contributed by atoms with Gasteiger partial charge in [0, 0.05) is 27.4 Å². The second-order valence-corrected chi connectivity index (χ2v) is 8.13. The summed E-state index contributed by atoms with van der Waals surface area (Å²) in [5, 5.41) is 0. The quantitative estimate of drug-likeness (QED) is 0.942. The van der Waals surface area contributed by atoms with Gasteiger partial charge in [-0.05, 0) is 26.0 Å². The molecule has 0 unspecified atom stereocenters. The summed E-state index contributed by atoms with van der Waals surface area (Å²) in [6.07, 6.45) is 2.33. The highest BCUT2D eigenvalue weighted by Gasteiger charge is 2.20. The van der Waals surface area contributed by atoms with E-state index in [0.717, 1.165) is 27.4 Å². The summed E-state index contributed by atoms with van der Waals surface area (Å²) in [5.41, 5.74) is 2.40. The van der Waals surface area contributed by atoms with Gasteiger partial charge in [0.15, 0.2) is 0 Å². The van der Waals surface area contributed by atoms with Gasteiger partial charge in [-0.15, -0.1) is 11.3 Å². The fraction of sp³-hybridized carbons (Fsp3) is 0.357. The molecule has 0 saturated carbocycles. The van der Waals surface area contributed by atoms with Crippen molar-refractivity contribution in [1.29, 1.82) is 0 Å². The van der Waals surface area contributed by atoms with Crippen LogP contribution in [0.15, 0.2) is 23.2 Å². The minimum atomic E-state index is -3.57. The van der Waals surface area contributed by atoms with Crippen molar-refractivity contribution in [1.82, 2.24) is 4.98 Å². The predicted molar refractivity (Wildman–Crippen MR) is 82.2 cm³/mol. The molecule has 1 N–H and O–H groups in total. The van der Waals surface area contributed by atoms with E-state index in [9.17, 15) is 8.42 Å². The zero-order valence-electron chi connectivity index (χ0n) is 11.8. The Morgan fingerprint density at radius 2 is 2.14 bits per heavy atom. The maximum Gasteiger partial charge on any atom is 0.263 e. The average Bonchev–Trinajstić information content (AvgIpc) is 2.78. The van der Waals surface area contributed by atoms with Crippen LogP contribution in [-0.2, 0) is 27.8 Å². The first-order chi connectivity index (χ1) is 9.95. The van der Waals surface area contributed by atoms with Gasteiger partial charge in [-0.25, -0.2) is 8.42 Å². The van der Waals surface area contributed by atoms with E-state index < -0.39 is 10.0 Å². The second-order valence-electron chi connectivity index (χ2n) is 5.02. The van der Waals surface area contributed by atoms with E-state index in [1.54, 1.807) is 18.3 Å². The maximum atomic E-state index is 12.4. The lowest BCUT2D eigenvalue weighted by Gasteiger charge is -2.16. The molecule has 0 saturated heterocycles. The molecule has 112 valence electrons. The van der Waals surface area contributed by atoms with Crippen LogP contribution in [-0.4, -0.2) is 20.0 Å². The molecule has 3 rings (SSSR count). The average molecular weight is 324 g/mol. The van der Waals surface area contributed by atoms with Crippen molar-refractivity contribution in [2.24, 2.45) is 0 Å². The number of anilines is 1. The Hall–Kier alpha value is -1.44. The first-order valence-corrected chi connectivity index (χ1v) is 8.91. The van der Waals surface area contributed by atoms with Crippen molar-refractivity contribution in [3.63, 3.8) is 0 Å². The number of fused-ring (bicyclic) bond motifs is 1. The van der Waals surface area contributed by atoms with Gasteiger partial charge >= 0.3 is 0 Å². The minimum absolute atomic E-state index is 0.332. The number of nitrogens with one attached hydrogen (secondary N) is 1. The first-order valence-electron chi connectivity index (χ1n) is 6.61. The number of aromatic nitrogens is 1. The van der Waals surface area contributed by atoms with Gasteiger partial charge in [0.25, 0.3) is 10.0 Å². The lowest BCUT2D eigenvalue weighted by molar-refractivity contribution is 0.109. The van der Waals surface area contributed by atoms with Crippen LogP contribution in [0.5, 0.6) is 0 Å². The fourth-order valence-electron chi connectivity index (χ4n) is 2.38. The van der Waals surface area contributed by atoms with E-state index >= 15 is 0 Å². The molecule has 5 nitrogen and oxygen atoms in total. The monoisotopic (exact) mass is 324 g/mol. The van der Waals surface area contributed by atoms with Crippen molar-refractivity contribution in [3.8, 4) is 0 Å². The van der Waals surface area contributed by atoms with E-state index in [4.69, 9.17) is 4.74 Å². The largest absolute Gasteiger partial charge is 0.376 e. The molecule has 7 heteroatoms. The zero-order chi connectivity index (χ0) is 15.0. The molecule has 21 heavy (non-hydrogen) atoms. The SMILES string of the molecule is Cc1cc(S(=O)(=O)Nc2cnc3c(c2)COCC3)c(C)s1. The van der Waals surface area contributed by atoms with Crippen LogP contribution < -0.4 is 4.72 Å². The Balaban J connectivity index is 1.90. The zero-order valence-corrected chi connectivity index (χ0v) is 13.5. The van der Waals surface area contributed by atoms with Gasteiger partial charge in [0.2, 0.25) is 0 Å². The number of thiophene rings is 1. The van der Waals surface area contributed by atoms with Gasteiger partial charge in [0.05, 0.1) is 25.1 Å². The third-order valence-corrected chi connectivity index (χ3v) is 5.94. The molecule has 3 heterocycles. The van der Waals surface area contributed by atoms with Crippen LogP contribution >= 0.6 is 11.3 Å². The Bertz CT molecular complexity index is 782. The minimum Gasteiger partial charge on any atom is -0.376 e. The van der Waals surface area contributed by atoms with Gasteiger partial charge in [0.1, 0.15) is 4.90 Å². The summed E-state index contributed by atoms with van der Waals surface area (Å²) in [4.78, 5) is 6.42. The number of nitrogens with zero attached hydrogens (tertiary/aromatic N) is 1. The number of hydrogen-bond acceptors (Lipinski definition) is 5. The summed E-state index contributed by atoms with van der Waals surface area (Å²) in [5.74, 6) is 0. The molecule has 1 aliphatic rings. The molecule has 0 bridgehead atoms. The molecule has 0 aromatic carbocycles. The van der Waals surface area contributed by atoms with Crippen molar-refractivity contribution in [2.45, 2.75) is 31.8 Å². The van der Waals surface area contributed by atoms with Crippen LogP contribution in [0, 0.1) is 13.8 Å². The number of sulfonamides is 1. The van der Waals surface area contributed by atoms with Crippen LogP contribution in [0.25, 0.3) is 0 Å². The van der Waals surface area contributed by atoms with E-state index in [1.165, 1.54) is 11.3 Å². The molecule has 0 aliphatic carbocycles. The second kappa shape index (κ2) is 5.40. The molecule has 1 aliphatic heterocycles. The van der Waals surface area contributed by atoms with Gasteiger partial charge in [-0.2, -0.15) is 0 Å². The summed E-state index contributed by atoms with van der Waals surface area (Å²) in [6.45, 7) is 4.85. The molecule has 2 aromatic rings. The van der Waals surface area contributed by atoms with Crippen LogP contribution in [0.2, 0.25) is 0 Å². The van der Waals surface area contributed by atoms with E-state index in [0.29, 0.717) is 23.8 Å². The van der Waals surface area contributed by atoms with Crippen LogP contribution in [0.4, 0.5) is 5.69 Å². The molecular weight excluding hydrogens is 308 g/mol. The summed E-state index contributed by atoms with van der Waals surface area (Å²) in [6, 6.07) is 3.49. The molecule has 0 amide bonds. The molecule has 0 atom stereocenters. The number of rotatable bonds is 3. The van der Waals surface area contributed by atoms with Crippen molar-refractivity contribution in [3.05, 3.63) is 39.3 Å². The Labute approximate surface area is 128 Å². The van der Waals surface area contributed by atoms with Crippen molar-refractivity contribution < 1.29 is 13.2 Å². The molecule has 0 fully saturated rings. The number of hydrogen-bond donors (Lipinski definition) is 1. The topological polar surface area (TPSA) is 68.3 Å². The smallest absolute Gasteiger partial charge is 0.263 e. The highest BCUT2D eigenvalue weighted by atomic mass is 32.2. The highest BCUT2D eigenvalue weighted by Crippen LogP contribution is 2.27. The molecule has 2 aromatic heterocycles. The van der Waals surface area contributed by atoms with Crippen molar-refractivity contribution in [2.75, 3.05) is 11.3 Å². The third kappa shape index (κ3) is 2.95. The third-order valence-electron chi connectivity index (χ3n) is 3.34. The first kappa shape index (κ1) is 14.5. The van der Waals surface area contributed by atoms with E-state index in [2.05, 4.69) is 9.71 Å². The fourth-order valence-corrected chi connectivity index (χ4v) is 4.97. The number of ether oxygens (including phenoxy) is 1. The number of aryl methyl sites for hydroxylation is 2. The normalized spacial score (nSPS) is 14.8. The molecule has 0 spiro atoms.